The SMILES string of the molecule is COC1[C@@H](n2cc(-c3nc(Cl)cs3)nn2)[C@H]2OC(c3ccccc3)OCC2O[C@H]1c1cc(Cl)nn1-c1cc(Cl)ccc1C(F)(F)F. The monoisotopic (exact) mass is 712 g/mol. The molecular weight excluding hydrogens is 692 g/mol. The molecule has 0 bridgehead atoms. The number of aromatic nitrogens is 6. The van der Waals surface area contributed by atoms with Gasteiger partial charge in [-0.15, -0.1) is 16.4 Å². The summed E-state index contributed by atoms with van der Waals surface area (Å²) in [5, 5.41) is 15.5. The molecule has 0 spiro atoms. The molecule has 0 saturated carbocycles. The van der Waals surface area contributed by atoms with E-state index in [0.717, 1.165) is 22.4 Å². The summed E-state index contributed by atoms with van der Waals surface area (Å²) in [7, 11) is 1.46. The van der Waals surface area contributed by atoms with Gasteiger partial charge in [0.05, 0.1) is 29.7 Å². The Morgan fingerprint density at radius 1 is 1.02 bits per heavy atom. The molecule has 3 unspecified atom stereocenters. The normalized spacial score (nSPS) is 25.0. The molecule has 6 atom stereocenters. The van der Waals surface area contributed by atoms with Crippen LogP contribution in [0.3, 0.4) is 0 Å². The number of ether oxygens (including phenoxy) is 4. The zero-order chi connectivity index (χ0) is 32.2. The van der Waals surface area contributed by atoms with Gasteiger partial charge >= 0.3 is 6.18 Å². The Bertz CT molecular complexity index is 1850. The van der Waals surface area contributed by atoms with Crippen molar-refractivity contribution in [3.8, 4) is 16.4 Å². The van der Waals surface area contributed by atoms with Gasteiger partial charge in [-0.05, 0) is 18.2 Å². The molecule has 2 aliphatic rings. The molecule has 2 aliphatic heterocycles. The Kier molecular flexibility index (Phi) is 8.57. The fourth-order valence-electron chi connectivity index (χ4n) is 5.76. The van der Waals surface area contributed by atoms with E-state index in [1.807, 2.05) is 30.3 Å². The van der Waals surface area contributed by atoms with E-state index in [1.165, 1.54) is 30.6 Å². The average Bonchev–Trinajstić information content (AvgIpc) is 3.79. The second-order valence-electron chi connectivity index (χ2n) is 10.5. The number of rotatable bonds is 6. The number of methoxy groups -OCH3 is 1. The number of benzene rings is 2. The lowest BCUT2D eigenvalue weighted by Gasteiger charge is -2.49. The van der Waals surface area contributed by atoms with Gasteiger partial charge in [-0.3, -0.25) is 0 Å². The summed E-state index contributed by atoms with van der Waals surface area (Å²) >= 11 is 19.9. The van der Waals surface area contributed by atoms with Crippen LogP contribution < -0.4 is 0 Å². The maximum absolute atomic E-state index is 14.2. The summed E-state index contributed by atoms with van der Waals surface area (Å²) in [6, 6.07) is 13.3. The summed E-state index contributed by atoms with van der Waals surface area (Å²) in [4.78, 5) is 4.29. The quantitative estimate of drug-likeness (QED) is 0.180. The largest absolute Gasteiger partial charge is 0.418 e. The lowest BCUT2D eigenvalue weighted by atomic mass is 9.90. The fraction of sp³-hybridized carbons (Fsp3) is 0.310. The molecule has 240 valence electrons. The van der Waals surface area contributed by atoms with E-state index in [-0.39, 0.29) is 28.2 Å². The number of hydrogen-bond donors (Lipinski definition) is 0. The molecule has 7 rings (SSSR count). The molecule has 3 aromatic heterocycles. The number of fused-ring (bicyclic) bond motifs is 1. The maximum Gasteiger partial charge on any atom is 0.418 e. The molecule has 2 aromatic carbocycles. The number of nitrogens with zero attached hydrogens (tertiary/aromatic N) is 6. The third-order valence-electron chi connectivity index (χ3n) is 7.70. The van der Waals surface area contributed by atoms with Crippen molar-refractivity contribution in [1.82, 2.24) is 29.8 Å². The van der Waals surface area contributed by atoms with Crippen LogP contribution >= 0.6 is 46.1 Å². The van der Waals surface area contributed by atoms with E-state index in [9.17, 15) is 13.2 Å². The molecule has 17 heteroatoms. The van der Waals surface area contributed by atoms with E-state index in [0.29, 0.717) is 15.9 Å². The highest BCUT2D eigenvalue weighted by Gasteiger charge is 2.53. The van der Waals surface area contributed by atoms with Crippen molar-refractivity contribution in [2.24, 2.45) is 0 Å². The summed E-state index contributed by atoms with van der Waals surface area (Å²) in [6.45, 7) is 0.0874. The standard InChI is InChI=1S/C29H22Cl3F3N6O4S/c1-42-26-23(40-11-17(37-39-40)27-36-22(32)13-46-27)25-20(12-43-28(45-25)14-5-3-2-4-6-14)44-24(26)19-10-21(31)38-41(19)18-9-15(30)7-8-16(18)29(33,34)35/h2-11,13,20,23-26,28H,12H2,1H3/t20?,23-,24-,25-,26?,28?/m0/s1. The molecule has 10 nitrogen and oxygen atoms in total. The first-order chi connectivity index (χ1) is 22.1. The predicted molar refractivity (Wildman–Crippen MR) is 162 cm³/mol. The minimum absolute atomic E-state index is 0.0656. The van der Waals surface area contributed by atoms with Crippen molar-refractivity contribution in [2.75, 3.05) is 13.7 Å². The lowest BCUT2D eigenvalue weighted by molar-refractivity contribution is -0.320. The second-order valence-corrected chi connectivity index (χ2v) is 12.6. The average molecular weight is 714 g/mol. The number of hydrogen-bond acceptors (Lipinski definition) is 9. The Hall–Kier alpha value is -3.08. The topological polar surface area (TPSA) is 98.3 Å². The Morgan fingerprint density at radius 3 is 2.54 bits per heavy atom. The number of thiazole rings is 1. The first kappa shape index (κ1) is 31.5. The van der Waals surface area contributed by atoms with E-state index < -0.39 is 48.5 Å². The highest BCUT2D eigenvalue weighted by Crippen LogP contribution is 2.46. The van der Waals surface area contributed by atoms with Crippen LogP contribution in [0, 0.1) is 0 Å². The smallest absolute Gasteiger partial charge is 0.376 e. The van der Waals surface area contributed by atoms with Crippen molar-refractivity contribution in [3.63, 3.8) is 0 Å². The highest BCUT2D eigenvalue weighted by atomic mass is 35.5. The third-order valence-corrected chi connectivity index (χ3v) is 9.31. The highest BCUT2D eigenvalue weighted by molar-refractivity contribution is 7.13. The molecule has 0 amide bonds. The molecule has 5 heterocycles. The van der Waals surface area contributed by atoms with Gasteiger partial charge < -0.3 is 18.9 Å². The van der Waals surface area contributed by atoms with Gasteiger partial charge in [-0.1, -0.05) is 70.3 Å². The molecule has 2 fully saturated rings. The summed E-state index contributed by atoms with van der Waals surface area (Å²) in [5.74, 6) is 0. The number of alkyl halides is 3. The van der Waals surface area contributed by atoms with Crippen molar-refractivity contribution >= 4 is 46.1 Å². The molecular formula is C29H22Cl3F3N6O4S. The van der Waals surface area contributed by atoms with Crippen molar-refractivity contribution < 1.29 is 32.1 Å². The fourth-order valence-corrected chi connectivity index (χ4v) is 7.00. The van der Waals surface area contributed by atoms with Crippen LogP contribution in [0.4, 0.5) is 13.2 Å². The zero-order valence-electron chi connectivity index (χ0n) is 23.5. The van der Waals surface area contributed by atoms with Crippen molar-refractivity contribution in [2.45, 2.75) is 42.9 Å². The van der Waals surface area contributed by atoms with E-state index in [2.05, 4.69) is 20.4 Å². The summed E-state index contributed by atoms with van der Waals surface area (Å²) in [6.07, 6.45) is -7.10. The van der Waals surface area contributed by atoms with Crippen LogP contribution in [-0.4, -0.2) is 61.8 Å². The summed E-state index contributed by atoms with van der Waals surface area (Å²) < 4.78 is 70.4. The third kappa shape index (κ3) is 5.92. The van der Waals surface area contributed by atoms with E-state index >= 15 is 0 Å². The zero-order valence-corrected chi connectivity index (χ0v) is 26.6. The molecule has 46 heavy (non-hydrogen) atoms. The molecule has 2 saturated heterocycles. The van der Waals surface area contributed by atoms with Crippen LogP contribution in [0.1, 0.15) is 35.3 Å². The molecule has 0 aliphatic carbocycles. The number of halogens is 6. The van der Waals surface area contributed by atoms with E-state index in [1.54, 1.807) is 16.3 Å². The van der Waals surface area contributed by atoms with Gasteiger partial charge in [-0.25, -0.2) is 14.3 Å². The molecule has 0 radical (unpaired) electrons. The van der Waals surface area contributed by atoms with Crippen LogP contribution in [0.15, 0.2) is 66.2 Å². The lowest BCUT2D eigenvalue weighted by Crippen LogP contribution is -2.57. The van der Waals surface area contributed by atoms with Gasteiger partial charge in [0.25, 0.3) is 0 Å². The molecule has 5 aromatic rings. The van der Waals surface area contributed by atoms with Gasteiger partial charge in [0, 0.05) is 29.1 Å². The van der Waals surface area contributed by atoms with Crippen LogP contribution in [0.2, 0.25) is 15.3 Å². The van der Waals surface area contributed by atoms with Crippen molar-refractivity contribution in [3.05, 3.63) is 98.3 Å². The predicted octanol–water partition coefficient (Wildman–Crippen LogP) is 7.38. The van der Waals surface area contributed by atoms with Gasteiger partial charge in [-0.2, -0.15) is 18.3 Å². The van der Waals surface area contributed by atoms with Gasteiger partial charge in [0.15, 0.2) is 11.4 Å². The Morgan fingerprint density at radius 2 is 1.83 bits per heavy atom. The Balaban J connectivity index is 1.33. The molecule has 0 N–H and O–H groups in total. The van der Waals surface area contributed by atoms with Crippen LogP contribution in [-0.2, 0) is 25.1 Å². The minimum atomic E-state index is -4.72. The van der Waals surface area contributed by atoms with E-state index in [4.69, 9.17) is 53.8 Å². The maximum atomic E-state index is 14.2. The van der Waals surface area contributed by atoms with Crippen LogP contribution in [0.25, 0.3) is 16.4 Å². The Labute approximate surface area is 278 Å². The van der Waals surface area contributed by atoms with Crippen LogP contribution in [0.5, 0.6) is 0 Å². The minimum Gasteiger partial charge on any atom is -0.376 e. The first-order valence-electron chi connectivity index (χ1n) is 13.8. The summed E-state index contributed by atoms with van der Waals surface area (Å²) in [5.41, 5.74) is 0.140. The first-order valence-corrected chi connectivity index (χ1v) is 15.8. The van der Waals surface area contributed by atoms with Gasteiger partial charge in [0.2, 0.25) is 0 Å². The second kappa shape index (κ2) is 12.5. The van der Waals surface area contributed by atoms with Gasteiger partial charge in [0.1, 0.15) is 46.3 Å². The van der Waals surface area contributed by atoms with Crippen molar-refractivity contribution in [1.29, 1.82) is 0 Å².